The van der Waals surface area contributed by atoms with Crippen LogP contribution in [0.1, 0.15) is 24.2 Å². The van der Waals surface area contributed by atoms with Gasteiger partial charge in [0.1, 0.15) is 12.0 Å². The van der Waals surface area contributed by atoms with Crippen LogP contribution < -0.4 is 0 Å². The summed E-state index contributed by atoms with van der Waals surface area (Å²) in [5, 5.41) is 9.14. The predicted octanol–water partition coefficient (Wildman–Crippen LogP) is 3.90. The van der Waals surface area contributed by atoms with Crippen molar-refractivity contribution >= 4 is 6.29 Å². The maximum Gasteiger partial charge on any atom is 0.150 e. The molecule has 0 aromatic heterocycles. The Hall–Kier alpha value is -2.09. The third-order valence-corrected chi connectivity index (χ3v) is 2.25. The number of carbonyl (C=O) groups excluding carboxylic acids is 1. The highest BCUT2D eigenvalue weighted by atomic mass is 16.3. The highest BCUT2D eigenvalue weighted by Gasteiger charge is 1.97. The molecule has 0 saturated carbocycles. The van der Waals surface area contributed by atoms with E-state index in [1.54, 1.807) is 24.3 Å². The lowest BCUT2D eigenvalue weighted by molar-refractivity contribution is 0.112. The molecule has 0 saturated heterocycles. The van der Waals surface area contributed by atoms with Crippen molar-refractivity contribution in [3.05, 3.63) is 54.1 Å². The highest BCUT2D eigenvalue weighted by Crippen LogP contribution is 2.21. The molecule has 17 heavy (non-hydrogen) atoms. The molecule has 0 radical (unpaired) electrons. The fourth-order valence-corrected chi connectivity index (χ4v) is 1.41. The number of carbonyl (C=O) groups is 1. The van der Waals surface area contributed by atoms with Gasteiger partial charge < -0.3 is 5.11 Å². The van der Waals surface area contributed by atoms with Crippen LogP contribution in [0.15, 0.2) is 48.5 Å². The lowest BCUT2D eigenvalue weighted by atomic mass is 10.0. The zero-order valence-electron chi connectivity index (χ0n) is 10.1. The van der Waals surface area contributed by atoms with Crippen molar-refractivity contribution in [1.29, 1.82) is 0 Å². The van der Waals surface area contributed by atoms with Gasteiger partial charge in [-0.1, -0.05) is 50.2 Å². The molecule has 2 aromatic carbocycles. The minimum Gasteiger partial charge on any atom is -0.508 e. The van der Waals surface area contributed by atoms with E-state index in [9.17, 15) is 4.79 Å². The first-order valence-electron chi connectivity index (χ1n) is 5.64. The monoisotopic (exact) mass is 228 g/mol. The largest absolute Gasteiger partial charge is 0.508 e. The van der Waals surface area contributed by atoms with Crippen molar-refractivity contribution in [2.45, 2.75) is 13.8 Å². The van der Waals surface area contributed by atoms with E-state index in [0.717, 1.165) is 17.4 Å². The molecule has 2 rings (SSSR count). The van der Waals surface area contributed by atoms with Crippen LogP contribution in [-0.4, -0.2) is 11.4 Å². The summed E-state index contributed by atoms with van der Waals surface area (Å²) in [6, 6.07) is 14.3. The predicted molar refractivity (Wildman–Crippen MR) is 70.3 cm³/mol. The molecule has 0 aliphatic rings. The van der Waals surface area contributed by atoms with Gasteiger partial charge in [-0.2, -0.15) is 0 Å². The first-order chi connectivity index (χ1) is 8.29. The Kier molecular flexibility index (Phi) is 4.95. The van der Waals surface area contributed by atoms with Crippen LogP contribution in [0.3, 0.4) is 0 Å². The second-order valence-corrected chi connectivity index (χ2v) is 3.29. The van der Waals surface area contributed by atoms with E-state index < -0.39 is 0 Å². The van der Waals surface area contributed by atoms with Crippen LogP contribution >= 0.6 is 0 Å². The lowest BCUT2D eigenvalue weighted by Crippen LogP contribution is -1.80. The summed E-state index contributed by atoms with van der Waals surface area (Å²) in [4.78, 5) is 10.5. The minimum absolute atomic E-state index is 0.253. The van der Waals surface area contributed by atoms with Crippen molar-refractivity contribution in [2.75, 3.05) is 0 Å². The standard InChI is InChI=1S/C13H10O2.C2H6/c14-9-10-1-3-11(4-2-10)12-5-7-13(15)8-6-12;1-2/h1-9,15H;1-2H3. The molecule has 0 bridgehead atoms. The lowest BCUT2D eigenvalue weighted by Gasteiger charge is -2.01. The SMILES string of the molecule is CC.O=Cc1ccc(-c2ccc(O)cc2)cc1. The van der Waals surface area contributed by atoms with E-state index in [-0.39, 0.29) is 5.75 Å². The summed E-state index contributed by atoms with van der Waals surface area (Å²) in [6.45, 7) is 4.00. The van der Waals surface area contributed by atoms with E-state index in [2.05, 4.69) is 0 Å². The molecule has 2 nitrogen and oxygen atoms in total. The molecular formula is C15H16O2. The van der Waals surface area contributed by atoms with E-state index in [4.69, 9.17) is 5.11 Å². The van der Waals surface area contributed by atoms with Crippen LogP contribution in [0.5, 0.6) is 5.75 Å². The van der Waals surface area contributed by atoms with Gasteiger partial charge in [-0.25, -0.2) is 0 Å². The summed E-state index contributed by atoms with van der Waals surface area (Å²) < 4.78 is 0. The maximum atomic E-state index is 10.5. The summed E-state index contributed by atoms with van der Waals surface area (Å²) in [6.07, 6.45) is 0.820. The van der Waals surface area contributed by atoms with Crippen LogP contribution in [0.4, 0.5) is 0 Å². The van der Waals surface area contributed by atoms with Gasteiger partial charge in [-0.15, -0.1) is 0 Å². The average molecular weight is 228 g/mol. The van der Waals surface area contributed by atoms with Crippen LogP contribution in [0, 0.1) is 0 Å². The number of phenols is 1. The van der Waals surface area contributed by atoms with Crippen molar-refractivity contribution < 1.29 is 9.90 Å². The zero-order chi connectivity index (χ0) is 12.7. The molecule has 2 heteroatoms. The van der Waals surface area contributed by atoms with Gasteiger partial charge in [0.05, 0.1) is 0 Å². The highest BCUT2D eigenvalue weighted by molar-refractivity contribution is 5.76. The van der Waals surface area contributed by atoms with Gasteiger partial charge in [0.2, 0.25) is 0 Å². The van der Waals surface area contributed by atoms with Gasteiger partial charge >= 0.3 is 0 Å². The Bertz CT molecular complexity index is 455. The van der Waals surface area contributed by atoms with Gasteiger partial charge in [-0.3, -0.25) is 4.79 Å². The van der Waals surface area contributed by atoms with Gasteiger partial charge in [0.15, 0.2) is 0 Å². The first kappa shape index (κ1) is 13.0. The molecule has 0 amide bonds. The molecular weight excluding hydrogens is 212 g/mol. The number of benzene rings is 2. The number of aromatic hydroxyl groups is 1. The topological polar surface area (TPSA) is 37.3 Å². The molecule has 0 fully saturated rings. The number of aldehydes is 1. The average Bonchev–Trinajstić information content (AvgIpc) is 2.42. The smallest absolute Gasteiger partial charge is 0.150 e. The van der Waals surface area contributed by atoms with E-state index in [1.807, 2.05) is 38.1 Å². The maximum absolute atomic E-state index is 10.5. The third kappa shape index (κ3) is 3.45. The Morgan fingerprint density at radius 3 is 1.65 bits per heavy atom. The fourth-order valence-electron chi connectivity index (χ4n) is 1.41. The molecule has 88 valence electrons. The van der Waals surface area contributed by atoms with Crippen LogP contribution in [0.2, 0.25) is 0 Å². The molecule has 0 heterocycles. The van der Waals surface area contributed by atoms with Gasteiger partial charge in [0.25, 0.3) is 0 Å². The van der Waals surface area contributed by atoms with E-state index >= 15 is 0 Å². The third-order valence-electron chi connectivity index (χ3n) is 2.25. The van der Waals surface area contributed by atoms with E-state index in [1.165, 1.54) is 0 Å². The molecule has 1 N–H and O–H groups in total. The van der Waals surface area contributed by atoms with E-state index in [0.29, 0.717) is 5.56 Å². The number of rotatable bonds is 2. The summed E-state index contributed by atoms with van der Waals surface area (Å²) in [5.74, 6) is 0.253. The Morgan fingerprint density at radius 1 is 0.824 bits per heavy atom. The van der Waals surface area contributed by atoms with Crippen LogP contribution in [-0.2, 0) is 0 Å². The molecule has 0 aliphatic heterocycles. The second-order valence-electron chi connectivity index (χ2n) is 3.29. The number of hydrogen-bond donors (Lipinski definition) is 1. The zero-order valence-corrected chi connectivity index (χ0v) is 10.1. The molecule has 0 aliphatic carbocycles. The Balaban J connectivity index is 0.000000686. The fraction of sp³-hybridized carbons (Fsp3) is 0.133. The Morgan fingerprint density at radius 2 is 1.24 bits per heavy atom. The molecule has 0 unspecified atom stereocenters. The minimum atomic E-state index is 0.253. The van der Waals surface area contributed by atoms with Gasteiger partial charge in [-0.05, 0) is 23.3 Å². The first-order valence-corrected chi connectivity index (χ1v) is 5.64. The van der Waals surface area contributed by atoms with Crippen molar-refractivity contribution in [3.8, 4) is 16.9 Å². The number of hydrogen-bond acceptors (Lipinski definition) is 2. The quantitative estimate of drug-likeness (QED) is 0.791. The normalized spacial score (nSPS) is 9.06. The van der Waals surface area contributed by atoms with Crippen molar-refractivity contribution in [3.63, 3.8) is 0 Å². The van der Waals surface area contributed by atoms with Crippen LogP contribution in [0.25, 0.3) is 11.1 Å². The molecule has 0 spiro atoms. The molecule has 0 atom stereocenters. The summed E-state index contributed by atoms with van der Waals surface area (Å²) in [7, 11) is 0. The summed E-state index contributed by atoms with van der Waals surface area (Å²) >= 11 is 0. The second kappa shape index (κ2) is 6.48. The Labute approximate surface area is 102 Å². The van der Waals surface area contributed by atoms with Crippen molar-refractivity contribution in [2.24, 2.45) is 0 Å². The van der Waals surface area contributed by atoms with Crippen molar-refractivity contribution in [1.82, 2.24) is 0 Å². The number of phenolic OH excluding ortho intramolecular Hbond substituents is 1. The summed E-state index contributed by atoms with van der Waals surface area (Å²) in [5.41, 5.74) is 2.71. The van der Waals surface area contributed by atoms with Gasteiger partial charge in [0, 0.05) is 5.56 Å². The molecule has 2 aromatic rings.